The van der Waals surface area contributed by atoms with E-state index in [1.165, 1.54) is 13.2 Å². The molecule has 0 spiro atoms. The molecule has 7 heteroatoms. The van der Waals surface area contributed by atoms with Crippen LogP contribution in [0.15, 0.2) is 19.8 Å². The number of halogens is 1. The van der Waals surface area contributed by atoms with Gasteiger partial charge in [0.1, 0.15) is 6.10 Å². The van der Waals surface area contributed by atoms with Crippen LogP contribution in [0.25, 0.3) is 0 Å². The molecule has 1 fully saturated rings. The van der Waals surface area contributed by atoms with Gasteiger partial charge >= 0.3 is 11.6 Å². The van der Waals surface area contributed by atoms with E-state index in [0.29, 0.717) is 4.47 Å². The zero-order chi connectivity index (χ0) is 15.4. The summed E-state index contributed by atoms with van der Waals surface area (Å²) in [5, 5.41) is 0. The van der Waals surface area contributed by atoms with E-state index in [0.717, 1.165) is 25.7 Å². The third kappa shape index (κ3) is 3.85. The van der Waals surface area contributed by atoms with Crippen LogP contribution in [0.1, 0.15) is 36.2 Å². The molecule has 116 valence electrons. The molecule has 2 rings (SSSR count). The molecule has 1 aliphatic rings. The van der Waals surface area contributed by atoms with Crippen LogP contribution in [0.5, 0.6) is 5.75 Å². The molecule has 2 unspecified atom stereocenters. The second-order valence-electron chi connectivity index (χ2n) is 4.83. The average Bonchev–Trinajstić information content (AvgIpc) is 2.50. The van der Waals surface area contributed by atoms with E-state index in [-0.39, 0.29) is 23.7 Å². The first-order chi connectivity index (χ1) is 10.0. The lowest BCUT2D eigenvalue weighted by Crippen LogP contribution is -2.31. The number of hydrogen-bond acceptors (Lipinski definition) is 6. The van der Waals surface area contributed by atoms with Crippen LogP contribution in [0.3, 0.4) is 0 Å². The molecule has 21 heavy (non-hydrogen) atoms. The van der Waals surface area contributed by atoms with E-state index in [1.807, 2.05) is 0 Å². The quantitative estimate of drug-likeness (QED) is 0.768. The van der Waals surface area contributed by atoms with Gasteiger partial charge in [0, 0.05) is 19.6 Å². The van der Waals surface area contributed by atoms with Crippen LogP contribution in [0, 0.1) is 0 Å². The molecule has 0 amide bonds. The summed E-state index contributed by atoms with van der Waals surface area (Å²) in [6.45, 7) is 0. The Morgan fingerprint density at radius 2 is 2.05 bits per heavy atom. The molecular weight excluding hydrogens is 344 g/mol. The standard InChI is InChI=1S/C14H17BrO6/c1-18-8-4-3-5-9(6-8)20-12-10(15)7-11(13(16)19-2)21-14(12)17/h7-9H,3-6H2,1-2H3. The number of rotatable bonds is 4. The summed E-state index contributed by atoms with van der Waals surface area (Å²) in [6, 6.07) is 1.37. The summed E-state index contributed by atoms with van der Waals surface area (Å²) in [4.78, 5) is 23.3. The Balaban J connectivity index is 2.17. The highest BCUT2D eigenvalue weighted by molar-refractivity contribution is 9.10. The molecule has 2 atom stereocenters. The first-order valence-electron chi connectivity index (χ1n) is 6.66. The second kappa shape index (κ2) is 7.09. The predicted molar refractivity (Wildman–Crippen MR) is 77.7 cm³/mol. The lowest BCUT2D eigenvalue weighted by molar-refractivity contribution is 0.0193. The maximum Gasteiger partial charge on any atom is 0.380 e. The van der Waals surface area contributed by atoms with Gasteiger partial charge in [0.25, 0.3) is 0 Å². The maximum absolute atomic E-state index is 11.9. The zero-order valence-corrected chi connectivity index (χ0v) is 13.5. The van der Waals surface area contributed by atoms with E-state index in [1.54, 1.807) is 7.11 Å². The van der Waals surface area contributed by atoms with Gasteiger partial charge in [-0.1, -0.05) is 0 Å². The number of methoxy groups -OCH3 is 2. The Morgan fingerprint density at radius 1 is 1.33 bits per heavy atom. The van der Waals surface area contributed by atoms with Crippen molar-refractivity contribution in [1.29, 1.82) is 0 Å². The highest BCUT2D eigenvalue weighted by Gasteiger charge is 2.26. The molecule has 1 aromatic heterocycles. The van der Waals surface area contributed by atoms with Crippen LogP contribution < -0.4 is 10.4 Å². The number of carbonyl (C=O) groups is 1. The van der Waals surface area contributed by atoms with E-state index < -0.39 is 11.6 Å². The van der Waals surface area contributed by atoms with E-state index in [2.05, 4.69) is 20.7 Å². The second-order valence-corrected chi connectivity index (χ2v) is 5.69. The first kappa shape index (κ1) is 16.0. The molecule has 1 heterocycles. The van der Waals surface area contributed by atoms with Gasteiger partial charge in [-0.3, -0.25) is 0 Å². The molecule has 0 aromatic carbocycles. The summed E-state index contributed by atoms with van der Waals surface area (Å²) in [7, 11) is 2.88. The molecule has 1 saturated carbocycles. The normalized spacial score (nSPS) is 21.9. The molecule has 1 aromatic rings. The molecular formula is C14H17BrO6. The van der Waals surface area contributed by atoms with Gasteiger partial charge in [-0.25, -0.2) is 9.59 Å². The van der Waals surface area contributed by atoms with Gasteiger partial charge in [-0.05, 0) is 35.2 Å². The summed E-state index contributed by atoms with van der Waals surface area (Å²) >= 11 is 3.23. The van der Waals surface area contributed by atoms with Crippen molar-refractivity contribution in [2.45, 2.75) is 37.9 Å². The molecule has 0 N–H and O–H groups in total. The van der Waals surface area contributed by atoms with E-state index in [9.17, 15) is 9.59 Å². The molecule has 6 nitrogen and oxygen atoms in total. The van der Waals surface area contributed by atoms with Gasteiger partial charge in [0.15, 0.2) is 0 Å². The minimum Gasteiger partial charge on any atom is -0.482 e. The molecule has 0 bridgehead atoms. The Labute approximate surface area is 130 Å². The Morgan fingerprint density at radius 3 is 2.67 bits per heavy atom. The van der Waals surface area contributed by atoms with Gasteiger partial charge < -0.3 is 18.6 Å². The van der Waals surface area contributed by atoms with Crippen molar-refractivity contribution in [3.63, 3.8) is 0 Å². The SMILES string of the molecule is COC(=O)c1cc(Br)c(OC2CCCC(OC)C2)c(=O)o1. The van der Waals surface area contributed by atoms with Crippen LogP contribution in [-0.2, 0) is 9.47 Å². The van der Waals surface area contributed by atoms with Crippen molar-refractivity contribution in [2.75, 3.05) is 14.2 Å². The Hall–Kier alpha value is -1.34. The van der Waals surface area contributed by atoms with Crippen LogP contribution in [0.4, 0.5) is 0 Å². The highest BCUT2D eigenvalue weighted by Crippen LogP contribution is 2.28. The minimum atomic E-state index is -0.712. The predicted octanol–water partition coefficient (Wildman–Crippen LogP) is 2.53. The number of ether oxygens (including phenoxy) is 3. The van der Waals surface area contributed by atoms with Crippen molar-refractivity contribution in [3.05, 3.63) is 26.7 Å². The average molecular weight is 361 g/mol. The van der Waals surface area contributed by atoms with Crippen molar-refractivity contribution in [1.82, 2.24) is 0 Å². The van der Waals surface area contributed by atoms with Crippen molar-refractivity contribution in [2.24, 2.45) is 0 Å². The number of esters is 1. The fraction of sp³-hybridized carbons (Fsp3) is 0.571. The number of hydrogen-bond donors (Lipinski definition) is 0. The summed E-state index contributed by atoms with van der Waals surface area (Å²) in [5.41, 5.74) is -0.704. The van der Waals surface area contributed by atoms with Gasteiger partial charge in [0.05, 0.1) is 17.7 Å². The van der Waals surface area contributed by atoms with E-state index in [4.69, 9.17) is 13.9 Å². The topological polar surface area (TPSA) is 75.0 Å². The Kier molecular flexibility index (Phi) is 5.41. The summed E-state index contributed by atoms with van der Waals surface area (Å²) in [6.07, 6.45) is 3.58. The van der Waals surface area contributed by atoms with Crippen molar-refractivity contribution < 1.29 is 23.4 Å². The first-order valence-corrected chi connectivity index (χ1v) is 7.45. The van der Waals surface area contributed by atoms with Gasteiger partial charge in [-0.2, -0.15) is 0 Å². The fourth-order valence-electron chi connectivity index (χ4n) is 2.35. The van der Waals surface area contributed by atoms with Crippen LogP contribution >= 0.6 is 15.9 Å². The third-order valence-electron chi connectivity index (χ3n) is 3.45. The lowest BCUT2D eigenvalue weighted by atomic mass is 9.95. The van der Waals surface area contributed by atoms with Crippen molar-refractivity contribution in [3.8, 4) is 5.75 Å². The highest BCUT2D eigenvalue weighted by atomic mass is 79.9. The molecule has 0 aliphatic heterocycles. The molecule has 0 saturated heterocycles. The number of carbonyl (C=O) groups excluding carboxylic acids is 1. The fourth-order valence-corrected chi connectivity index (χ4v) is 2.81. The molecule has 0 radical (unpaired) electrons. The smallest absolute Gasteiger partial charge is 0.380 e. The van der Waals surface area contributed by atoms with Crippen LogP contribution in [0.2, 0.25) is 0 Å². The zero-order valence-electron chi connectivity index (χ0n) is 11.9. The van der Waals surface area contributed by atoms with Gasteiger partial charge in [0.2, 0.25) is 11.5 Å². The Bertz CT molecular complexity index is 567. The minimum absolute atomic E-state index is 0.0735. The van der Waals surface area contributed by atoms with Gasteiger partial charge in [-0.15, -0.1) is 0 Å². The maximum atomic E-state index is 11.9. The van der Waals surface area contributed by atoms with E-state index >= 15 is 0 Å². The summed E-state index contributed by atoms with van der Waals surface area (Å²) < 4.78 is 20.9. The third-order valence-corrected chi connectivity index (χ3v) is 4.03. The lowest BCUT2D eigenvalue weighted by Gasteiger charge is -2.28. The monoisotopic (exact) mass is 360 g/mol. The van der Waals surface area contributed by atoms with Crippen molar-refractivity contribution >= 4 is 21.9 Å². The molecule has 1 aliphatic carbocycles. The summed E-state index contributed by atoms with van der Waals surface area (Å²) in [5.74, 6) is -0.805. The largest absolute Gasteiger partial charge is 0.482 e. The van der Waals surface area contributed by atoms with Crippen LogP contribution in [-0.4, -0.2) is 32.4 Å².